The van der Waals surface area contributed by atoms with Gasteiger partial charge in [-0.3, -0.25) is 14.3 Å². The van der Waals surface area contributed by atoms with E-state index in [1.165, 1.54) is 4.68 Å². The number of hydrogen-bond donors (Lipinski definition) is 2. The number of aromatic nitrogens is 2. The van der Waals surface area contributed by atoms with Gasteiger partial charge in [-0.1, -0.05) is 6.42 Å². The molecule has 0 radical (unpaired) electrons. The second-order valence-electron chi connectivity index (χ2n) is 4.42. The predicted molar refractivity (Wildman–Crippen MR) is 59.2 cm³/mol. The lowest BCUT2D eigenvalue weighted by molar-refractivity contribution is -0.154. The van der Waals surface area contributed by atoms with Gasteiger partial charge in [0.2, 0.25) is 5.91 Å². The van der Waals surface area contributed by atoms with Crippen LogP contribution < -0.4 is 5.32 Å². The quantitative estimate of drug-likeness (QED) is 0.769. The van der Waals surface area contributed by atoms with Crippen LogP contribution in [0.5, 0.6) is 0 Å². The van der Waals surface area contributed by atoms with Crippen molar-refractivity contribution in [3.8, 4) is 0 Å². The van der Waals surface area contributed by atoms with Crippen molar-refractivity contribution in [1.82, 2.24) is 15.1 Å². The van der Waals surface area contributed by atoms with Gasteiger partial charge in [0.05, 0.1) is 5.41 Å². The van der Waals surface area contributed by atoms with Crippen molar-refractivity contribution in [3.05, 3.63) is 18.5 Å². The number of amides is 1. The SMILES string of the molecule is O=C(Cn1cccn1)NCC1(C(=O)O)CCC1. The molecule has 1 amide bonds. The Hall–Kier alpha value is -1.85. The minimum atomic E-state index is -0.817. The maximum Gasteiger partial charge on any atom is 0.311 e. The first-order valence-electron chi connectivity index (χ1n) is 5.60. The predicted octanol–water partition coefficient (Wildman–Crippen LogP) is 0.254. The maximum absolute atomic E-state index is 11.6. The summed E-state index contributed by atoms with van der Waals surface area (Å²) in [4.78, 5) is 22.6. The van der Waals surface area contributed by atoms with Crippen LogP contribution in [0.15, 0.2) is 18.5 Å². The number of rotatable bonds is 5. The lowest BCUT2D eigenvalue weighted by Gasteiger charge is -2.37. The maximum atomic E-state index is 11.6. The van der Waals surface area contributed by atoms with Crippen molar-refractivity contribution in [2.24, 2.45) is 5.41 Å². The van der Waals surface area contributed by atoms with Crippen molar-refractivity contribution in [2.75, 3.05) is 6.54 Å². The van der Waals surface area contributed by atoms with Crippen LogP contribution >= 0.6 is 0 Å². The Bertz CT molecular complexity index is 410. The molecular formula is C11H15N3O3. The molecule has 1 heterocycles. The number of carboxylic acids is 1. The minimum absolute atomic E-state index is 0.128. The number of carboxylic acid groups (broad SMARTS) is 1. The van der Waals surface area contributed by atoms with Crippen LogP contribution in [0, 0.1) is 5.41 Å². The number of aliphatic carboxylic acids is 1. The van der Waals surface area contributed by atoms with Crippen LogP contribution in [0.25, 0.3) is 0 Å². The highest BCUT2D eigenvalue weighted by molar-refractivity contribution is 5.79. The molecule has 2 N–H and O–H groups in total. The van der Waals surface area contributed by atoms with Gasteiger partial charge in [0.15, 0.2) is 0 Å². The molecule has 0 saturated heterocycles. The first-order valence-corrected chi connectivity index (χ1v) is 5.60. The van der Waals surface area contributed by atoms with E-state index in [1.54, 1.807) is 18.5 Å². The van der Waals surface area contributed by atoms with Crippen molar-refractivity contribution < 1.29 is 14.7 Å². The largest absolute Gasteiger partial charge is 0.481 e. The van der Waals surface area contributed by atoms with Crippen LogP contribution in [-0.2, 0) is 16.1 Å². The fourth-order valence-electron chi connectivity index (χ4n) is 1.93. The third-order valence-electron chi connectivity index (χ3n) is 3.25. The van der Waals surface area contributed by atoms with Crippen LogP contribution in [0.4, 0.5) is 0 Å². The van der Waals surface area contributed by atoms with Crippen LogP contribution in [-0.4, -0.2) is 33.3 Å². The summed E-state index contributed by atoms with van der Waals surface area (Å²) in [5, 5.41) is 15.7. The molecule has 2 rings (SSSR count). The van der Waals surface area contributed by atoms with Crippen molar-refractivity contribution in [3.63, 3.8) is 0 Å². The Kier molecular flexibility index (Phi) is 3.12. The Morgan fingerprint density at radius 1 is 1.47 bits per heavy atom. The zero-order valence-corrected chi connectivity index (χ0v) is 9.43. The highest BCUT2D eigenvalue weighted by Crippen LogP contribution is 2.40. The molecular weight excluding hydrogens is 222 g/mol. The van der Waals surface area contributed by atoms with Crippen molar-refractivity contribution in [1.29, 1.82) is 0 Å². The summed E-state index contributed by atoms with van der Waals surface area (Å²) in [6.45, 7) is 0.338. The average molecular weight is 237 g/mol. The molecule has 0 aliphatic heterocycles. The molecule has 1 aromatic heterocycles. The summed E-state index contributed by atoms with van der Waals surface area (Å²) in [5.41, 5.74) is -0.736. The second-order valence-corrected chi connectivity index (χ2v) is 4.42. The summed E-state index contributed by atoms with van der Waals surface area (Å²) >= 11 is 0. The Morgan fingerprint density at radius 2 is 2.24 bits per heavy atom. The third kappa shape index (κ3) is 2.46. The monoisotopic (exact) mass is 237 g/mol. The Labute approximate surface area is 98.6 Å². The number of carbonyl (C=O) groups is 2. The molecule has 0 atom stereocenters. The Balaban J connectivity index is 1.82. The van der Waals surface area contributed by atoms with Crippen LogP contribution in [0.3, 0.4) is 0 Å². The molecule has 1 saturated carbocycles. The first kappa shape index (κ1) is 11.6. The Morgan fingerprint density at radius 3 is 2.71 bits per heavy atom. The van der Waals surface area contributed by atoms with Gasteiger partial charge in [-0.2, -0.15) is 5.10 Å². The van der Waals surface area contributed by atoms with E-state index in [-0.39, 0.29) is 19.0 Å². The first-order chi connectivity index (χ1) is 8.12. The molecule has 0 spiro atoms. The normalized spacial score (nSPS) is 17.2. The van der Waals surface area contributed by atoms with E-state index in [1.807, 2.05) is 0 Å². The zero-order chi connectivity index (χ0) is 12.3. The van der Waals surface area contributed by atoms with Crippen LogP contribution in [0.1, 0.15) is 19.3 Å². The molecule has 92 valence electrons. The molecule has 1 aliphatic carbocycles. The minimum Gasteiger partial charge on any atom is -0.481 e. The molecule has 0 bridgehead atoms. The van der Waals surface area contributed by atoms with E-state index >= 15 is 0 Å². The van der Waals surface area contributed by atoms with E-state index in [9.17, 15) is 9.59 Å². The zero-order valence-electron chi connectivity index (χ0n) is 9.43. The summed E-state index contributed by atoms with van der Waals surface area (Å²) in [5.74, 6) is -1.02. The number of hydrogen-bond acceptors (Lipinski definition) is 3. The highest BCUT2D eigenvalue weighted by Gasteiger charge is 2.44. The molecule has 1 fully saturated rings. The van der Waals surface area contributed by atoms with E-state index in [4.69, 9.17) is 5.11 Å². The van der Waals surface area contributed by atoms with E-state index in [0.29, 0.717) is 12.8 Å². The van der Waals surface area contributed by atoms with Gasteiger partial charge >= 0.3 is 5.97 Å². The van der Waals surface area contributed by atoms with Gasteiger partial charge < -0.3 is 10.4 Å². The molecule has 6 nitrogen and oxygen atoms in total. The lowest BCUT2D eigenvalue weighted by Crippen LogP contribution is -2.48. The van der Waals surface area contributed by atoms with Crippen LogP contribution in [0.2, 0.25) is 0 Å². The molecule has 6 heteroatoms. The average Bonchev–Trinajstić information content (AvgIpc) is 2.68. The van der Waals surface area contributed by atoms with Crippen molar-refractivity contribution >= 4 is 11.9 Å². The number of nitrogens with zero attached hydrogens (tertiary/aromatic N) is 2. The summed E-state index contributed by atoms with van der Waals surface area (Å²) < 4.78 is 1.50. The summed E-state index contributed by atoms with van der Waals surface area (Å²) in [6, 6.07) is 1.73. The van der Waals surface area contributed by atoms with E-state index in [0.717, 1.165) is 6.42 Å². The standard InChI is InChI=1S/C11H15N3O3/c15-9(7-14-6-2-5-13-14)12-8-11(10(16)17)3-1-4-11/h2,5-6H,1,3-4,7-8H2,(H,12,15)(H,16,17). The van der Waals surface area contributed by atoms with Gasteiger partial charge in [0, 0.05) is 18.9 Å². The smallest absolute Gasteiger partial charge is 0.311 e. The second kappa shape index (κ2) is 4.57. The van der Waals surface area contributed by atoms with Gasteiger partial charge in [0.1, 0.15) is 6.54 Å². The van der Waals surface area contributed by atoms with Crippen molar-refractivity contribution in [2.45, 2.75) is 25.8 Å². The molecule has 1 aromatic rings. The lowest BCUT2D eigenvalue weighted by atomic mass is 9.69. The van der Waals surface area contributed by atoms with Gasteiger partial charge in [-0.05, 0) is 18.9 Å². The van der Waals surface area contributed by atoms with E-state index < -0.39 is 11.4 Å². The van der Waals surface area contributed by atoms with Gasteiger partial charge in [0.25, 0.3) is 0 Å². The molecule has 0 unspecified atom stereocenters. The number of nitrogens with one attached hydrogen (secondary N) is 1. The molecule has 0 aromatic carbocycles. The number of carbonyl (C=O) groups excluding carboxylic acids is 1. The fourth-order valence-corrected chi connectivity index (χ4v) is 1.93. The fraction of sp³-hybridized carbons (Fsp3) is 0.545. The third-order valence-corrected chi connectivity index (χ3v) is 3.25. The van der Waals surface area contributed by atoms with Gasteiger partial charge in [-0.15, -0.1) is 0 Å². The van der Waals surface area contributed by atoms with E-state index in [2.05, 4.69) is 10.4 Å². The van der Waals surface area contributed by atoms with Gasteiger partial charge in [-0.25, -0.2) is 0 Å². The summed E-state index contributed by atoms with van der Waals surface area (Å²) in [6.07, 6.45) is 5.49. The molecule has 1 aliphatic rings. The molecule has 17 heavy (non-hydrogen) atoms. The highest BCUT2D eigenvalue weighted by atomic mass is 16.4. The summed E-state index contributed by atoms with van der Waals surface area (Å²) in [7, 11) is 0. The topological polar surface area (TPSA) is 84.2 Å².